The summed E-state index contributed by atoms with van der Waals surface area (Å²) in [5, 5.41) is 2.83. The second-order valence-electron chi connectivity index (χ2n) is 6.37. The average Bonchev–Trinajstić information content (AvgIpc) is 3.25. The average molecular weight is 360 g/mol. The van der Waals surface area contributed by atoms with E-state index in [2.05, 4.69) is 20.2 Å². The Hall–Kier alpha value is -3.41. The van der Waals surface area contributed by atoms with E-state index in [0.717, 1.165) is 18.8 Å². The minimum atomic E-state index is -0.204. The van der Waals surface area contributed by atoms with Crippen molar-refractivity contribution in [3.8, 4) is 11.5 Å². The second kappa shape index (κ2) is 7.86. The molecule has 0 unspecified atom stereocenters. The van der Waals surface area contributed by atoms with Crippen LogP contribution in [0.15, 0.2) is 67.1 Å². The van der Waals surface area contributed by atoms with E-state index in [-0.39, 0.29) is 5.91 Å². The fourth-order valence-electron chi connectivity index (χ4n) is 3.03. The van der Waals surface area contributed by atoms with Crippen LogP contribution in [-0.2, 0) is 0 Å². The molecule has 1 saturated heterocycles. The van der Waals surface area contributed by atoms with Crippen LogP contribution in [0.1, 0.15) is 23.2 Å². The number of nitrogens with zero attached hydrogens (tertiary/aromatic N) is 3. The normalized spacial score (nSPS) is 13.4. The first-order chi connectivity index (χ1) is 13.3. The largest absolute Gasteiger partial charge is 0.456 e. The molecule has 3 heterocycles. The van der Waals surface area contributed by atoms with Gasteiger partial charge in [0.1, 0.15) is 17.3 Å². The predicted molar refractivity (Wildman–Crippen MR) is 104 cm³/mol. The topological polar surface area (TPSA) is 67.4 Å². The molecule has 1 N–H and O–H groups in total. The monoisotopic (exact) mass is 360 g/mol. The van der Waals surface area contributed by atoms with E-state index in [1.807, 2.05) is 24.4 Å². The summed E-state index contributed by atoms with van der Waals surface area (Å²) in [7, 11) is 0. The van der Waals surface area contributed by atoms with Gasteiger partial charge in [0.05, 0.1) is 18.1 Å². The number of anilines is 2. The van der Waals surface area contributed by atoms with Crippen molar-refractivity contribution in [2.24, 2.45) is 0 Å². The van der Waals surface area contributed by atoms with Gasteiger partial charge in [0.2, 0.25) is 0 Å². The number of benzene rings is 1. The summed E-state index contributed by atoms with van der Waals surface area (Å²) >= 11 is 0. The van der Waals surface area contributed by atoms with E-state index >= 15 is 0 Å². The van der Waals surface area contributed by atoms with Gasteiger partial charge >= 0.3 is 0 Å². The Morgan fingerprint density at radius 1 is 0.963 bits per heavy atom. The van der Waals surface area contributed by atoms with Crippen LogP contribution in [0.5, 0.6) is 11.5 Å². The number of nitrogens with one attached hydrogen (secondary N) is 1. The van der Waals surface area contributed by atoms with E-state index in [1.54, 1.807) is 42.7 Å². The van der Waals surface area contributed by atoms with Crippen LogP contribution in [0.4, 0.5) is 11.5 Å². The third kappa shape index (κ3) is 4.23. The maximum atomic E-state index is 12.4. The van der Waals surface area contributed by atoms with Gasteiger partial charge in [0.25, 0.3) is 5.91 Å². The molecule has 0 saturated carbocycles. The number of hydrogen-bond acceptors (Lipinski definition) is 5. The maximum Gasteiger partial charge on any atom is 0.256 e. The Morgan fingerprint density at radius 3 is 2.44 bits per heavy atom. The molecular formula is C21H20N4O2. The van der Waals surface area contributed by atoms with Crippen LogP contribution < -0.4 is 15.0 Å². The molecule has 0 radical (unpaired) electrons. The third-order valence-corrected chi connectivity index (χ3v) is 4.45. The predicted octanol–water partition coefficient (Wildman–Crippen LogP) is 4.12. The van der Waals surface area contributed by atoms with Gasteiger partial charge in [-0.2, -0.15) is 0 Å². The van der Waals surface area contributed by atoms with Gasteiger partial charge in [0, 0.05) is 24.8 Å². The molecule has 2 aromatic heterocycles. The highest BCUT2D eigenvalue weighted by molar-refractivity contribution is 6.03. The van der Waals surface area contributed by atoms with Crippen molar-refractivity contribution in [3.63, 3.8) is 0 Å². The fourth-order valence-corrected chi connectivity index (χ4v) is 3.03. The molecule has 1 aromatic carbocycles. The smallest absolute Gasteiger partial charge is 0.256 e. The van der Waals surface area contributed by atoms with Crippen molar-refractivity contribution in [2.45, 2.75) is 12.8 Å². The third-order valence-electron chi connectivity index (χ3n) is 4.45. The van der Waals surface area contributed by atoms with Crippen LogP contribution in [-0.4, -0.2) is 29.0 Å². The zero-order valence-electron chi connectivity index (χ0n) is 14.8. The molecule has 0 spiro atoms. The zero-order valence-corrected chi connectivity index (χ0v) is 14.8. The lowest BCUT2D eigenvalue weighted by Gasteiger charge is -2.17. The number of pyridine rings is 2. The molecule has 0 aliphatic carbocycles. The lowest BCUT2D eigenvalue weighted by atomic mass is 10.2. The molecule has 3 aromatic rings. The number of hydrogen-bond donors (Lipinski definition) is 1. The first-order valence-electron chi connectivity index (χ1n) is 8.98. The molecule has 0 atom stereocenters. The highest BCUT2D eigenvalue weighted by atomic mass is 16.5. The molecule has 1 amide bonds. The highest BCUT2D eigenvalue weighted by Crippen LogP contribution is 2.22. The van der Waals surface area contributed by atoms with Gasteiger partial charge in [-0.05, 0) is 61.4 Å². The quantitative estimate of drug-likeness (QED) is 0.741. The van der Waals surface area contributed by atoms with Crippen molar-refractivity contribution < 1.29 is 9.53 Å². The summed E-state index contributed by atoms with van der Waals surface area (Å²) in [5.41, 5.74) is 1.64. The Kier molecular flexibility index (Phi) is 4.96. The van der Waals surface area contributed by atoms with Crippen LogP contribution in [0.3, 0.4) is 0 Å². The van der Waals surface area contributed by atoms with E-state index in [4.69, 9.17) is 4.74 Å². The SMILES string of the molecule is O=C(Nc1ccc(N2CCCC2)cn1)c1ccc(Oc2cccnc2)cc1. The minimum absolute atomic E-state index is 0.204. The summed E-state index contributed by atoms with van der Waals surface area (Å²) in [6.07, 6.45) is 7.58. The number of amides is 1. The summed E-state index contributed by atoms with van der Waals surface area (Å²) < 4.78 is 5.68. The molecule has 1 fully saturated rings. The van der Waals surface area contributed by atoms with Gasteiger partial charge in [-0.1, -0.05) is 0 Å². The number of carbonyl (C=O) groups excluding carboxylic acids is 1. The zero-order chi connectivity index (χ0) is 18.5. The van der Waals surface area contributed by atoms with Gasteiger partial charge in [-0.3, -0.25) is 9.78 Å². The Labute approximate surface area is 157 Å². The van der Waals surface area contributed by atoms with E-state index in [1.165, 1.54) is 12.8 Å². The second-order valence-corrected chi connectivity index (χ2v) is 6.37. The molecule has 4 rings (SSSR count). The van der Waals surface area contributed by atoms with Crippen molar-refractivity contribution >= 4 is 17.4 Å². The summed E-state index contributed by atoms with van der Waals surface area (Å²) in [4.78, 5) is 23.1. The fraction of sp³-hybridized carbons (Fsp3) is 0.190. The van der Waals surface area contributed by atoms with Crippen LogP contribution >= 0.6 is 0 Å². The van der Waals surface area contributed by atoms with Crippen molar-refractivity contribution in [3.05, 3.63) is 72.7 Å². The molecular weight excluding hydrogens is 340 g/mol. The van der Waals surface area contributed by atoms with Crippen molar-refractivity contribution in [2.75, 3.05) is 23.3 Å². The first-order valence-corrected chi connectivity index (χ1v) is 8.98. The minimum Gasteiger partial charge on any atom is -0.456 e. The molecule has 6 heteroatoms. The molecule has 0 bridgehead atoms. The Morgan fingerprint density at radius 2 is 1.78 bits per heavy atom. The first kappa shape index (κ1) is 17.0. The molecule has 136 valence electrons. The van der Waals surface area contributed by atoms with Crippen LogP contribution in [0, 0.1) is 0 Å². The van der Waals surface area contributed by atoms with E-state index in [0.29, 0.717) is 22.9 Å². The Balaban J connectivity index is 1.37. The molecule has 1 aliphatic rings. The maximum absolute atomic E-state index is 12.4. The standard InChI is InChI=1S/C21H20N4O2/c26-21(24-20-10-7-17(14-23-20)25-12-1-2-13-25)16-5-8-18(9-6-16)27-19-4-3-11-22-15-19/h3-11,14-15H,1-2,12-13H2,(H,23,24,26). The molecule has 27 heavy (non-hydrogen) atoms. The van der Waals surface area contributed by atoms with Gasteiger partial charge < -0.3 is 15.0 Å². The number of rotatable bonds is 5. The molecule has 6 nitrogen and oxygen atoms in total. The molecule has 1 aliphatic heterocycles. The van der Waals surface area contributed by atoms with Crippen molar-refractivity contribution in [1.29, 1.82) is 0 Å². The number of carbonyl (C=O) groups is 1. The van der Waals surface area contributed by atoms with E-state index < -0.39 is 0 Å². The highest BCUT2D eigenvalue weighted by Gasteiger charge is 2.13. The van der Waals surface area contributed by atoms with Crippen molar-refractivity contribution in [1.82, 2.24) is 9.97 Å². The summed E-state index contributed by atoms with van der Waals surface area (Å²) in [6.45, 7) is 2.14. The number of aromatic nitrogens is 2. The summed E-state index contributed by atoms with van der Waals surface area (Å²) in [5.74, 6) is 1.63. The number of ether oxygens (including phenoxy) is 1. The van der Waals surface area contributed by atoms with Gasteiger partial charge in [0.15, 0.2) is 0 Å². The van der Waals surface area contributed by atoms with Gasteiger partial charge in [-0.25, -0.2) is 4.98 Å². The lowest BCUT2D eigenvalue weighted by Crippen LogP contribution is -2.18. The van der Waals surface area contributed by atoms with Crippen LogP contribution in [0.2, 0.25) is 0 Å². The van der Waals surface area contributed by atoms with Gasteiger partial charge in [-0.15, -0.1) is 0 Å². The van der Waals surface area contributed by atoms with E-state index in [9.17, 15) is 4.79 Å². The summed E-state index contributed by atoms with van der Waals surface area (Å²) in [6, 6.07) is 14.4. The van der Waals surface area contributed by atoms with Crippen LogP contribution in [0.25, 0.3) is 0 Å². The lowest BCUT2D eigenvalue weighted by molar-refractivity contribution is 0.102. The Bertz CT molecular complexity index is 890.